The first kappa shape index (κ1) is 12.1. The summed E-state index contributed by atoms with van der Waals surface area (Å²) >= 11 is 0. The number of aliphatic hydroxyl groups is 1. The van der Waals surface area contributed by atoms with E-state index in [1.807, 2.05) is 13.8 Å². The molecule has 0 rings (SSSR count). The number of carboxylic acids is 1. The van der Waals surface area contributed by atoms with Crippen molar-refractivity contribution in [3.63, 3.8) is 0 Å². The van der Waals surface area contributed by atoms with Gasteiger partial charge in [0.25, 0.3) is 0 Å². The molecule has 0 saturated carbocycles. The number of carboxylic acid groups (broad SMARTS) is 1. The van der Waals surface area contributed by atoms with E-state index in [1.165, 1.54) is 0 Å². The van der Waals surface area contributed by atoms with E-state index < -0.39 is 5.97 Å². The zero-order chi connectivity index (χ0) is 8.57. The van der Waals surface area contributed by atoms with Crippen LogP contribution in [0.3, 0.4) is 0 Å². The van der Waals surface area contributed by atoms with Crippen LogP contribution in [0.4, 0.5) is 0 Å². The number of rotatable bonds is 2. The normalized spacial score (nSPS) is 8.50. The molecule has 0 heterocycles. The largest absolute Gasteiger partial charge is 0.481 e. The molecule has 0 fully saturated rings. The molecule has 0 aromatic rings. The summed E-state index contributed by atoms with van der Waals surface area (Å²) in [5.41, 5.74) is 0. The Balaban J connectivity index is 0. The molecule has 0 aliphatic carbocycles. The first-order valence-electron chi connectivity index (χ1n) is 3.37. The van der Waals surface area contributed by atoms with Crippen LogP contribution in [0.15, 0.2) is 0 Å². The molecular formula is C7H16O3. The van der Waals surface area contributed by atoms with Crippen LogP contribution in [0.2, 0.25) is 0 Å². The minimum Gasteiger partial charge on any atom is -0.481 e. The Morgan fingerprint density at radius 1 is 1.50 bits per heavy atom. The third kappa shape index (κ3) is 26.1. The van der Waals surface area contributed by atoms with Crippen LogP contribution in [0, 0.1) is 5.92 Å². The van der Waals surface area contributed by atoms with Crippen LogP contribution in [0.1, 0.15) is 27.2 Å². The molecule has 0 bridgehead atoms. The first-order valence-corrected chi connectivity index (χ1v) is 3.37. The van der Waals surface area contributed by atoms with Crippen molar-refractivity contribution in [2.24, 2.45) is 5.92 Å². The van der Waals surface area contributed by atoms with Gasteiger partial charge >= 0.3 is 5.97 Å². The lowest BCUT2D eigenvalue weighted by Gasteiger charge is -1.94. The Bertz CT molecular complexity index is 78.9. The van der Waals surface area contributed by atoms with Crippen molar-refractivity contribution in [1.29, 1.82) is 0 Å². The lowest BCUT2D eigenvalue weighted by Crippen LogP contribution is -1.99. The highest BCUT2D eigenvalue weighted by Crippen LogP contribution is 1.96. The average Bonchev–Trinajstić information content (AvgIpc) is 1.62. The minimum atomic E-state index is -0.713. The van der Waals surface area contributed by atoms with E-state index in [-0.39, 0.29) is 18.9 Å². The maximum atomic E-state index is 9.81. The zero-order valence-corrected chi connectivity index (χ0v) is 6.79. The molecule has 3 nitrogen and oxygen atoms in total. The van der Waals surface area contributed by atoms with Gasteiger partial charge < -0.3 is 10.2 Å². The Kier molecular flexibility index (Phi) is 10.2. The molecule has 0 amide bonds. The van der Waals surface area contributed by atoms with Crippen molar-refractivity contribution < 1.29 is 15.0 Å². The van der Waals surface area contributed by atoms with Crippen LogP contribution >= 0.6 is 0 Å². The topological polar surface area (TPSA) is 57.5 Å². The van der Waals surface area contributed by atoms with Gasteiger partial charge in [0.15, 0.2) is 0 Å². The predicted molar refractivity (Wildman–Crippen MR) is 39.9 cm³/mol. The van der Waals surface area contributed by atoms with E-state index in [2.05, 4.69) is 0 Å². The highest BCUT2D eigenvalue weighted by atomic mass is 16.4. The zero-order valence-electron chi connectivity index (χ0n) is 6.79. The van der Waals surface area contributed by atoms with E-state index >= 15 is 0 Å². The number of carbonyl (C=O) groups is 1. The fourth-order valence-corrected chi connectivity index (χ4v) is 0.349. The molecule has 3 heteroatoms. The van der Waals surface area contributed by atoms with E-state index in [0.717, 1.165) is 0 Å². The lowest BCUT2D eigenvalue weighted by molar-refractivity contribution is -0.137. The quantitative estimate of drug-likeness (QED) is 0.616. The van der Waals surface area contributed by atoms with Gasteiger partial charge in [0.1, 0.15) is 0 Å². The number of hydrogen-bond acceptors (Lipinski definition) is 2. The standard InChI is InChI=1S/C5H10O2.C2H6O/c1-4(2)3-5(6)7;1-2-3/h4H,3H2,1-2H3,(H,6,7);3H,2H2,1H3. The second kappa shape index (κ2) is 8.43. The van der Waals surface area contributed by atoms with Crippen molar-refractivity contribution in [2.45, 2.75) is 27.2 Å². The van der Waals surface area contributed by atoms with E-state index in [9.17, 15) is 4.79 Å². The molecule has 0 unspecified atom stereocenters. The Hall–Kier alpha value is -0.570. The summed E-state index contributed by atoms with van der Waals surface area (Å²) in [6, 6.07) is 0. The molecule has 0 aliphatic rings. The predicted octanol–water partition coefficient (Wildman–Crippen LogP) is 1.12. The summed E-state index contributed by atoms with van der Waals surface area (Å²) < 4.78 is 0. The molecule has 0 spiro atoms. The molecule has 0 aliphatic heterocycles. The highest BCUT2D eigenvalue weighted by Gasteiger charge is 1.98. The molecule has 0 atom stereocenters. The van der Waals surface area contributed by atoms with Gasteiger partial charge in [0.05, 0.1) is 0 Å². The fourth-order valence-electron chi connectivity index (χ4n) is 0.349. The third-order valence-electron chi connectivity index (χ3n) is 0.583. The molecule has 62 valence electrons. The minimum absolute atomic E-state index is 0.250. The summed E-state index contributed by atoms with van der Waals surface area (Å²) in [7, 11) is 0. The highest BCUT2D eigenvalue weighted by molar-refractivity contribution is 5.66. The van der Waals surface area contributed by atoms with Gasteiger partial charge in [-0.1, -0.05) is 13.8 Å². The molecule has 0 radical (unpaired) electrons. The molecule has 0 saturated heterocycles. The van der Waals surface area contributed by atoms with Gasteiger partial charge in [-0.3, -0.25) is 4.79 Å². The molecule has 2 N–H and O–H groups in total. The number of hydrogen-bond donors (Lipinski definition) is 2. The molecule has 10 heavy (non-hydrogen) atoms. The molecular weight excluding hydrogens is 132 g/mol. The second-order valence-electron chi connectivity index (χ2n) is 2.31. The maximum Gasteiger partial charge on any atom is 0.303 e. The number of aliphatic hydroxyl groups excluding tert-OH is 1. The van der Waals surface area contributed by atoms with Gasteiger partial charge in [-0.2, -0.15) is 0 Å². The Labute approximate surface area is 61.7 Å². The number of aliphatic carboxylic acids is 1. The second-order valence-corrected chi connectivity index (χ2v) is 2.31. The van der Waals surface area contributed by atoms with Crippen LogP contribution < -0.4 is 0 Å². The monoisotopic (exact) mass is 148 g/mol. The molecule has 0 aromatic carbocycles. The van der Waals surface area contributed by atoms with Gasteiger partial charge in [-0.05, 0) is 12.8 Å². The third-order valence-corrected chi connectivity index (χ3v) is 0.583. The smallest absolute Gasteiger partial charge is 0.303 e. The molecule has 0 aromatic heterocycles. The summed E-state index contributed by atoms with van der Waals surface area (Å²) in [4.78, 5) is 9.81. The Morgan fingerprint density at radius 2 is 1.80 bits per heavy atom. The average molecular weight is 148 g/mol. The van der Waals surface area contributed by atoms with Crippen LogP contribution in [-0.4, -0.2) is 22.8 Å². The summed E-state index contributed by atoms with van der Waals surface area (Å²) in [5, 5.41) is 15.7. The van der Waals surface area contributed by atoms with E-state index in [1.54, 1.807) is 6.92 Å². The fraction of sp³-hybridized carbons (Fsp3) is 0.857. The summed E-state index contributed by atoms with van der Waals surface area (Å²) in [5.74, 6) is -0.438. The Morgan fingerprint density at radius 3 is 1.80 bits per heavy atom. The van der Waals surface area contributed by atoms with Crippen molar-refractivity contribution in [2.75, 3.05) is 6.61 Å². The summed E-state index contributed by atoms with van der Waals surface area (Å²) in [6.07, 6.45) is 0.278. The van der Waals surface area contributed by atoms with Crippen LogP contribution in [0.5, 0.6) is 0 Å². The maximum absolute atomic E-state index is 9.81. The van der Waals surface area contributed by atoms with Crippen LogP contribution in [0.25, 0.3) is 0 Å². The van der Waals surface area contributed by atoms with Crippen LogP contribution in [-0.2, 0) is 4.79 Å². The van der Waals surface area contributed by atoms with Gasteiger partial charge in [-0.25, -0.2) is 0 Å². The first-order chi connectivity index (χ1) is 4.54. The van der Waals surface area contributed by atoms with Crippen molar-refractivity contribution in [3.8, 4) is 0 Å². The van der Waals surface area contributed by atoms with Crippen molar-refractivity contribution in [3.05, 3.63) is 0 Å². The SMILES string of the molecule is CC(C)CC(=O)O.CCO. The summed E-state index contributed by atoms with van der Waals surface area (Å²) in [6.45, 7) is 5.70. The van der Waals surface area contributed by atoms with Crippen molar-refractivity contribution >= 4 is 5.97 Å². The van der Waals surface area contributed by atoms with Gasteiger partial charge in [-0.15, -0.1) is 0 Å². The van der Waals surface area contributed by atoms with E-state index in [4.69, 9.17) is 10.2 Å². The van der Waals surface area contributed by atoms with Gasteiger partial charge in [0.2, 0.25) is 0 Å². The van der Waals surface area contributed by atoms with E-state index in [0.29, 0.717) is 0 Å². The lowest BCUT2D eigenvalue weighted by atomic mass is 10.1. The van der Waals surface area contributed by atoms with Crippen molar-refractivity contribution in [1.82, 2.24) is 0 Å². The van der Waals surface area contributed by atoms with Gasteiger partial charge in [0, 0.05) is 13.0 Å².